The lowest BCUT2D eigenvalue weighted by Crippen LogP contribution is -2.33. The zero-order chi connectivity index (χ0) is 21.1. The minimum absolute atomic E-state index is 0.224. The molecule has 2 amide bonds. The zero-order valence-electron chi connectivity index (χ0n) is 15.8. The Balaban J connectivity index is 1.48. The number of nitrogens with one attached hydrogen (secondary N) is 1. The van der Waals surface area contributed by atoms with E-state index in [0.717, 1.165) is 12.1 Å². The standard InChI is InChI=1S/C23H18F2N2O3/c24-18-11-10-15(14-19(18)25)27-13-12-17(23(27)29)22(28)26-20-8-4-5-9-21(20)30-16-6-2-1-3-7-16/h1-11,14,17H,12-13H2,(H,26,28). The van der Waals surface area contributed by atoms with Crippen LogP contribution >= 0.6 is 0 Å². The molecule has 0 aromatic heterocycles. The summed E-state index contributed by atoms with van der Waals surface area (Å²) in [4.78, 5) is 26.8. The lowest BCUT2D eigenvalue weighted by atomic mass is 10.1. The van der Waals surface area contributed by atoms with E-state index < -0.39 is 29.4 Å². The molecule has 4 rings (SSSR count). The van der Waals surface area contributed by atoms with Gasteiger partial charge in [0.1, 0.15) is 11.7 Å². The quantitative estimate of drug-likeness (QED) is 0.620. The molecule has 0 aliphatic carbocycles. The molecule has 1 atom stereocenters. The van der Waals surface area contributed by atoms with E-state index >= 15 is 0 Å². The van der Waals surface area contributed by atoms with Crippen molar-refractivity contribution in [3.05, 3.63) is 84.4 Å². The van der Waals surface area contributed by atoms with Crippen LogP contribution in [0.15, 0.2) is 72.8 Å². The summed E-state index contributed by atoms with van der Waals surface area (Å²) < 4.78 is 32.5. The topological polar surface area (TPSA) is 58.6 Å². The Morgan fingerprint density at radius 1 is 0.967 bits per heavy atom. The van der Waals surface area contributed by atoms with Gasteiger partial charge in [0.05, 0.1) is 5.69 Å². The van der Waals surface area contributed by atoms with Crippen LogP contribution in [-0.2, 0) is 9.59 Å². The highest BCUT2D eigenvalue weighted by molar-refractivity contribution is 6.13. The molecule has 3 aromatic carbocycles. The van der Waals surface area contributed by atoms with Crippen molar-refractivity contribution in [3.8, 4) is 11.5 Å². The van der Waals surface area contributed by atoms with Gasteiger partial charge in [-0.2, -0.15) is 0 Å². The van der Waals surface area contributed by atoms with Gasteiger partial charge in [0.2, 0.25) is 11.8 Å². The lowest BCUT2D eigenvalue weighted by Gasteiger charge is -2.17. The molecule has 1 aliphatic rings. The molecule has 0 radical (unpaired) electrons. The molecule has 152 valence electrons. The van der Waals surface area contributed by atoms with Crippen molar-refractivity contribution in [3.63, 3.8) is 0 Å². The van der Waals surface area contributed by atoms with Crippen LogP contribution in [0.2, 0.25) is 0 Å². The van der Waals surface area contributed by atoms with E-state index in [0.29, 0.717) is 17.2 Å². The monoisotopic (exact) mass is 408 g/mol. The smallest absolute Gasteiger partial charge is 0.239 e. The molecule has 7 heteroatoms. The molecule has 1 fully saturated rings. The van der Waals surface area contributed by atoms with Crippen LogP contribution < -0.4 is 15.0 Å². The summed E-state index contributed by atoms with van der Waals surface area (Å²) in [7, 11) is 0. The lowest BCUT2D eigenvalue weighted by molar-refractivity contribution is -0.129. The van der Waals surface area contributed by atoms with Gasteiger partial charge in [-0.15, -0.1) is 0 Å². The van der Waals surface area contributed by atoms with Gasteiger partial charge in [-0.25, -0.2) is 8.78 Å². The third-order valence-electron chi connectivity index (χ3n) is 4.85. The summed E-state index contributed by atoms with van der Waals surface area (Å²) in [5, 5.41) is 2.75. The SMILES string of the molecule is O=C(Nc1ccccc1Oc1ccccc1)C1CCN(c2ccc(F)c(F)c2)C1=O. The average molecular weight is 408 g/mol. The van der Waals surface area contributed by atoms with Crippen molar-refractivity contribution in [2.24, 2.45) is 5.92 Å². The second-order valence-electron chi connectivity index (χ2n) is 6.83. The first-order valence-corrected chi connectivity index (χ1v) is 9.42. The molecule has 5 nitrogen and oxygen atoms in total. The van der Waals surface area contributed by atoms with Crippen molar-refractivity contribution in [1.29, 1.82) is 0 Å². The van der Waals surface area contributed by atoms with Gasteiger partial charge < -0.3 is 15.0 Å². The van der Waals surface area contributed by atoms with E-state index in [2.05, 4.69) is 5.32 Å². The largest absolute Gasteiger partial charge is 0.455 e. The Kier molecular flexibility index (Phi) is 5.43. The van der Waals surface area contributed by atoms with Crippen LogP contribution in [0.1, 0.15) is 6.42 Å². The highest BCUT2D eigenvalue weighted by Crippen LogP contribution is 2.31. The number of para-hydroxylation sites is 3. The highest BCUT2D eigenvalue weighted by atomic mass is 19.2. The second kappa shape index (κ2) is 8.32. The van der Waals surface area contributed by atoms with Gasteiger partial charge in [-0.1, -0.05) is 30.3 Å². The Hall–Kier alpha value is -3.74. The van der Waals surface area contributed by atoms with Crippen molar-refractivity contribution < 1.29 is 23.1 Å². The number of hydrogen-bond acceptors (Lipinski definition) is 3. The first kappa shape index (κ1) is 19.6. The average Bonchev–Trinajstić information content (AvgIpc) is 3.14. The van der Waals surface area contributed by atoms with E-state index in [-0.39, 0.29) is 18.7 Å². The maximum absolute atomic E-state index is 13.5. The Bertz CT molecular complexity index is 1090. The van der Waals surface area contributed by atoms with Crippen LogP contribution in [0.25, 0.3) is 0 Å². The fourth-order valence-electron chi connectivity index (χ4n) is 3.33. The number of carbonyl (C=O) groups excluding carboxylic acids is 2. The number of halogens is 2. The molecular formula is C23H18F2N2O3. The Morgan fingerprint density at radius 3 is 2.47 bits per heavy atom. The number of hydrogen-bond donors (Lipinski definition) is 1. The van der Waals surface area contributed by atoms with Crippen LogP contribution in [-0.4, -0.2) is 18.4 Å². The van der Waals surface area contributed by atoms with Gasteiger partial charge in [-0.3, -0.25) is 9.59 Å². The third kappa shape index (κ3) is 4.00. The van der Waals surface area contributed by atoms with E-state index in [9.17, 15) is 18.4 Å². The van der Waals surface area contributed by atoms with Crippen molar-refractivity contribution in [2.75, 3.05) is 16.8 Å². The summed E-state index contributed by atoms with van der Waals surface area (Å²) >= 11 is 0. The van der Waals surface area contributed by atoms with E-state index in [1.807, 2.05) is 18.2 Å². The number of carbonyl (C=O) groups is 2. The number of benzene rings is 3. The van der Waals surface area contributed by atoms with Gasteiger partial charge in [0.15, 0.2) is 17.4 Å². The van der Waals surface area contributed by atoms with Gasteiger partial charge in [0, 0.05) is 18.3 Å². The molecule has 0 bridgehead atoms. The molecule has 0 spiro atoms. The number of amides is 2. The maximum atomic E-state index is 13.5. The number of rotatable bonds is 5. The third-order valence-corrected chi connectivity index (χ3v) is 4.85. The van der Waals surface area contributed by atoms with E-state index in [1.54, 1.807) is 36.4 Å². The normalized spacial score (nSPS) is 15.9. The Morgan fingerprint density at radius 2 is 1.70 bits per heavy atom. The van der Waals surface area contributed by atoms with Crippen LogP contribution in [0, 0.1) is 17.6 Å². The molecular weight excluding hydrogens is 390 g/mol. The summed E-state index contributed by atoms with van der Waals surface area (Å²) in [6.07, 6.45) is 0.269. The van der Waals surface area contributed by atoms with Gasteiger partial charge >= 0.3 is 0 Å². The predicted octanol–water partition coefficient (Wildman–Crippen LogP) is 4.75. The Labute approximate surface area is 171 Å². The number of ether oxygens (including phenoxy) is 1. The molecule has 3 aromatic rings. The predicted molar refractivity (Wildman–Crippen MR) is 108 cm³/mol. The first-order valence-electron chi connectivity index (χ1n) is 9.42. The molecule has 0 saturated carbocycles. The van der Waals surface area contributed by atoms with Crippen LogP contribution in [0.4, 0.5) is 20.2 Å². The number of anilines is 2. The molecule has 1 unspecified atom stereocenters. The zero-order valence-corrected chi connectivity index (χ0v) is 15.8. The molecule has 30 heavy (non-hydrogen) atoms. The molecule has 1 heterocycles. The fourth-order valence-corrected chi connectivity index (χ4v) is 3.33. The fraction of sp³-hybridized carbons (Fsp3) is 0.130. The van der Waals surface area contributed by atoms with Gasteiger partial charge in [0.25, 0.3) is 0 Å². The maximum Gasteiger partial charge on any atom is 0.239 e. The summed E-state index contributed by atoms with van der Waals surface area (Å²) in [6.45, 7) is 0.240. The van der Waals surface area contributed by atoms with Gasteiger partial charge in [-0.05, 0) is 42.8 Å². The van der Waals surface area contributed by atoms with E-state index in [4.69, 9.17) is 4.74 Å². The van der Waals surface area contributed by atoms with E-state index in [1.165, 1.54) is 11.0 Å². The molecule has 1 N–H and O–H groups in total. The van der Waals surface area contributed by atoms with Crippen molar-refractivity contribution >= 4 is 23.2 Å². The highest BCUT2D eigenvalue weighted by Gasteiger charge is 2.38. The van der Waals surface area contributed by atoms with Crippen molar-refractivity contribution in [2.45, 2.75) is 6.42 Å². The second-order valence-corrected chi connectivity index (χ2v) is 6.83. The summed E-state index contributed by atoms with van der Waals surface area (Å²) in [5.41, 5.74) is 0.660. The summed E-state index contributed by atoms with van der Waals surface area (Å²) in [5.74, 6) is -2.84. The van der Waals surface area contributed by atoms with Crippen LogP contribution in [0.3, 0.4) is 0 Å². The molecule has 1 saturated heterocycles. The minimum Gasteiger partial charge on any atom is -0.455 e. The first-order chi connectivity index (χ1) is 14.5. The van der Waals surface area contributed by atoms with Crippen molar-refractivity contribution in [1.82, 2.24) is 0 Å². The van der Waals surface area contributed by atoms with Crippen LogP contribution in [0.5, 0.6) is 11.5 Å². The molecule has 1 aliphatic heterocycles. The number of nitrogens with zero attached hydrogens (tertiary/aromatic N) is 1. The minimum atomic E-state index is -1.04. The summed E-state index contributed by atoms with van der Waals surface area (Å²) in [6, 6.07) is 19.3.